The number of halogens is 4. The topological polar surface area (TPSA) is 102 Å². The van der Waals surface area contributed by atoms with Gasteiger partial charge in [0.15, 0.2) is 11.2 Å². The Morgan fingerprint density at radius 2 is 1.97 bits per heavy atom. The monoisotopic (exact) mass is 527 g/mol. The minimum absolute atomic E-state index is 0.0218. The van der Waals surface area contributed by atoms with E-state index in [0.29, 0.717) is 24.9 Å². The summed E-state index contributed by atoms with van der Waals surface area (Å²) in [5, 5.41) is 2.63. The first-order valence-corrected chi connectivity index (χ1v) is 12.2. The van der Waals surface area contributed by atoms with Crippen LogP contribution in [0.2, 0.25) is 5.28 Å². The number of nitrogens with zero attached hydrogens (tertiary/aromatic N) is 3. The molecule has 8 nitrogen and oxygen atoms in total. The van der Waals surface area contributed by atoms with Gasteiger partial charge in [0.1, 0.15) is 0 Å². The summed E-state index contributed by atoms with van der Waals surface area (Å²) in [7, 11) is 0. The fourth-order valence-electron chi connectivity index (χ4n) is 4.05. The molecule has 2 aromatic heterocycles. The number of unbranched alkanes of at least 4 members (excludes halogenated alkanes) is 2. The van der Waals surface area contributed by atoms with Crippen LogP contribution in [0, 0.1) is 0 Å². The van der Waals surface area contributed by atoms with Crippen LogP contribution in [0.5, 0.6) is 0 Å². The highest BCUT2D eigenvalue weighted by atomic mass is 35.5. The molecule has 0 spiro atoms. The smallest absolute Gasteiger partial charge is 0.352 e. The normalized spacial score (nSPS) is 12.7. The second-order valence-electron chi connectivity index (χ2n) is 8.76. The molecule has 0 aliphatic carbocycles. The zero-order valence-electron chi connectivity index (χ0n) is 20.1. The fraction of sp³-hybridized carbons (Fsp3) is 0.500. The molecule has 1 atom stereocenters. The fourth-order valence-corrected chi connectivity index (χ4v) is 4.23. The van der Waals surface area contributed by atoms with Crippen molar-refractivity contribution in [1.82, 2.24) is 24.4 Å². The molecule has 0 bridgehead atoms. The number of H-pyrrole nitrogens is 1. The Bertz CT molecular complexity index is 1330. The molecule has 0 fully saturated rings. The number of rotatable bonds is 11. The van der Waals surface area contributed by atoms with Crippen molar-refractivity contribution in [2.75, 3.05) is 0 Å². The third-order valence-electron chi connectivity index (χ3n) is 5.98. The summed E-state index contributed by atoms with van der Waals surface area (Å²) in [6.45, 7) is 4.14. The molecule has 196 valence electrons. The lowest BCUT2D eigenvalue weighted by Gasteiger charge is -2.17. The van der Waals surface area contributed by atoms with Gasteiger partial charge in [-0.05, 0) is 55.5 Å². The standard InChI is InChI=1S/C24H29ClF3N5O3/c1-3-4-5-12-32-20-19(30-22(25)31-20)21(35)33(23(32)36)15(2)8-6-11-18(34)29-14-16-9-7-10-17(13-16)24(26,27)28/h7,9-10,13,15H,3-6,8,11-12,14H2,1-2H3,(H,29,34)(H,30,31). The van der Waals surface area contributed by atoms with Crippen molar-refractivity contribution in [3.8, 4) is 0 Å². The van der Waals surface area contributed by atoms with Crippen LogP contribution in [0.1, 0.15) is 69.5 Å². The summed E-state index contributed by atoms with van der Waals surface area (Å²) < 4.78 is 41.2. The van der Waals surface area contributed by atoms with E-state index in [2.05, 4.69) is 15.3 Å². The molecule has 2 N–H and O–H groups in total. The Kier molecular flexibility index (Phi) is 8.99. The summed E-state index contributed by atoms with van der Waals surface area (Å²) in [4.78, 5) is 45.2. The van der Waals surface area contributed by atoms with Crippen molar-refractivity contribution in [2.24, 2.45) is 0 Å². The van der Waals surface area contributed by atoms with E-state index < -0.39 is 29.0 Å². The number of imidazole rings is 1. The maximum atomic E-state index is 13.2. The second-order valence-corrected chi connectivity index (χ2v) is 9.12. The van der Waals surface area contributed by atoms with Gasteiger partial charge in [-0.15, -0.1) is 0 Å². The Morgan fingerprint density at radius 1 is 1.22 bits per heavy atom. The van der Waals surface area contributed by atoms with Crippen LogP contribution in [0.4, 0.5) is 13.2 Å². The van der Waals surface area contributed by atoms with Crippen LogP contribution in [0.25, 0.3) is 11.2 Å². The number of nitrogens with one attached hydrogen (secondary N) is 2. The van der Waals surface area contributed by atoms with Gasteiger partial charge in [-0.2, -0.15) is 18.2 Å². The van der Waals surface area contributed by atoms with Gasteiger partial charge in [0.2, 0.25) is 11.2 Å². The first-order valence-electron chi connectivity index (χ1n) is 11.9. The number of fused-ring (bicyclic) bond motifs is 1. The number of hydrogen-bond donors (Lipinski definition) is 2. The lowest BCUT2D eigenvalue weighted by Crippen LogP contribution is -2.42. The zero-order valence-corrected chi connectivity index (χ0v) is 20.9. The van der Waals surface area contributed by atoms with Gasteiger partial charge < -0.3 is 10.3 Å². The van der Waals surface area contributed by atoms with E-state index in [1.165, 1.54) is 16.7 Å². The van der Waals surface area contributed by atoms with Crippen molar-refractivity contribution in [2.45, 2.75) is 77.7 Å². The van der Waals surface area contributed by atoms with Crippen molar-refractivity contribution in [3.63, 3.8) is 0 Å². The minimum atomic E-state index is -4.45. The molecule has 2 heterocycles. The van der Waals surface area contributed by atoms with E-state index in [1.807, 2.05) is 6.92 Å². The Hall–Kier alpha value is -3.08. The van der Waals surface area contributed by atoms with Crippen molar-refractivity contribution >= 4 is 28.7 Å². The molecular formula is C24H29ClF3N5O3. The second kappa shape index (κ2) is 11.8. The Morgan fingerprint density at radius 3 is 2.67 bits per heavy atom. The quantitative estimate of drug-likeness (QED) is 0.276. The van der Waals surface area contributed by atoms with Crippen LogP contribution >= 0.6 is 11.6 Å². The third kappa shape index (κ3) is 6.57. The van der Waals surface area contributed by atoms with E-state index in [-0.39, 0.29) is 35.3 Å². The van der Waals surface area contributed by atoms with Crippen LogP contribution < -0.4 is 16.6 Å². The average molecular weight is 528 g/mol. The Labute approximate surface area is 210 Å². The summed E-state index contributed by atoms with van der Waals surface area (Å²) in [6.07, 6.45) is -0.988. The lowest BCUT2D eigenvalue weighted by molar-refractivity contribution is -0.137. The molecule has 0 saturated heterocycles. The molecular weight excluding hydrogens is 499 g/mol. The van der Waals surface area contributed by atoms with E-state index in [9.17, 15) is 27.6 Å². The maximum absolute atomic E-state index is 13.2. The van der Waals surface area contributed by atoms with E-state index >= 15 is 0 Å². The van der Waals surface area contributed by atoms with Gasteiger partial charge in [0, 0.05) is 25.6 Å². The van der Waals surface area contributed by atoms with Gasteiger partial charge >= 0.3 is 11.9 Å². The van der Waals surface area contributed by atoms with Gasteiger partial charge in [0.05, 0.1) is 5.56 Å². The number of amides is 1. The largest absolute Gasteiger partial charge is 0.416 e. The number of hydrogen-bond acceptors (Lipinski definition) is 4. The average Bonchev–Trinajstić information content (AvgIpc) is 3.21. The first kappa shape index (κ1) is 27.5. The number of alkyl halides is 3. The van der Waals surface area contributed by atoms with Crippen molar-refractivity contribution in [1.29, 1.82) is 0 Å². The van der Waals surface area contributed by atoms with Gasteiger partial charge in [-0.1, -0.05) is 31.9 Å². The number of aryl methyl sites for hydroxylation is 1. The predicted molar refractivity (Wildman–Crippen MR) is 131 cm³/mol. The molecule has 1 aromatic carbocycles. The van der Waals surface area contributed by atoms with Crippen LogP contribution in [0.3, 0.4) is 0 Å². The van der Waals surface area contributed by atoms with Crippen molar-refractivity contribution < 1.29 is 18.0 Å². The molecule has 0 aliphatic rings. The number of aromatic amines is 1. The molecule has 12 heteroatoms. The van der Waals surface area contributed by atoms with Crippen LogP contribution in [-0.4, -0.2) is 25.0 Å². The zero-order chi connectivity index (χ0) is 26.5. The molecule has 3 aromatic rings. The first-order chi connectivity index (χ1) is 17.0. The van der Waals surface area contributed by atoms with E-state index in [0.717, 1.165) is 36.0 Å². The van der Waals surface area contributed by atoms with Crippen LogP contribution in [-0.2, 0) is 24.1 Å². The summed E-state index contributed by atoms with van der Waals surface area (Å²) in [5.74, 6) is -0.334. The van der Waals surface area contributed by atoms with Gasteiger partial charge in [-0.3, -0.25) is 18.7 Å². The molecule has 1 unspecified atom stereocenters. The Balaban J connectivity index is 1.64. The van der Waals surface area contributed by atoms with Crippen LogP contribution in [0.15, 0.2) is 33.9 Å². The highest BCUT2D eigenvalue weighted by Gasteiger charge is 2.30. The van der Waals surface area contributed by atoms with Gasteiger partial charge in [-0.25, -0.2) is 4.79 Å². The molecule has 0 aliphatic heterocycles. The molecule has 0 radical (unpaired) electrons. The van der Waals surface area contributed by atoms with E-state index in [1.54, 1.807) is 6.92 Å². The lowest BCUT2D eigenvalue weighted by atomic mass is 10.1. The molecule has 1 amide bonds. The highest BCUT2D eigenvalue weighted by Crippen LogP contribution is 2.29. The number of carbonyl (C=O) groups is 1. The minimum Gasteiger partial charge on any atom is -0.352 e. The molecule has 36 heavy (non-hydrogen) atoms. The van der Waals surface area contributed by atoms with E-state index in [4.69, 9.17) is 11.6 Å². The molecule has 3 rings (SSSR count). The summed E-state index contributed by atoms with van der Waals surface area (Å²) in [6, 6.07) is 4.28. The number of aromatic nitrogens is 4. The summed E-state index contributed by atoms with van der Waals surface area (Å²) >= 11 is 5.97. The highest BCUT2D eigenvalue weighted by molar-refractivity contribution is 6.28. The van der Waals surface area contributed by atoms with Crippen molar-refractivity contribution in [3.05, 3.63) is 61.5 Å². The maximum Gasteiger partial charge on any atom is 0.416 e. The predicted octanol–water partition coefficient (Wildman–Crippen LogP) is 4.80. The van der Waals surface area contributed by atoms with Gasteiger partial charge in [0.25, 0.3) is 5.56 Å². The number of carbonyl (C=O) groups excluding carboxylic acids is 1. The summed E-state index contributed by atoms with van der Waals surface area (Å²) in [5.41, 5.74) is -1.06. The number of benzene rings is 1. The molecule has 0 saturated carbocycles. The third-order valence-corrected chi connectivity index (χ3v) is 6.16. The SMILES string of the molecule is CCCCCn1c(=O)n(C(C)CCCC(=O)NCc2cccc(C(F)(F)F)c2)c(=O)c2[nH]c(Cl)nc21.